The predicted molar refractivity (Wildman–Crippen MR) is 88.6 cm³/mol. The van der Waals surface area contributed by atoms with E-state index in [2.05, 4.69) is 0 Å². The van der Waals surface area contributed by atoms with Crippen molar-refractivity contribution in [1.29, 1.82) is 10.5 Å². The average Bonchev–Trinajstić information content (AvgIpc) is 2.62. The molecular formula is C18H19N3O3. The van der Waals surface area contributed by atoms with E-state index in [0.717, 1.165) is 5.75 Å². The largest absolute Gasteiger partial charge is 0.490 e. The Bertz CT molecular complexity index is 638. The lowest BCUT2D eigenvalue weighted by Crippen LogP contribution is -2.27. The zero-order valence-electron chi connectivity index (χ0n) is 13.5. The number of allylic oxidation sites excluding steroid dienone is 3. The van der Waals surface area contributed by atoms with Gasteiger partial charge in [-0.15, -0.1) is 0 Å². The maximum absolute atomic E-state index is 11.8. The normalized spacial score (nSPS) is 9.62. The monoisotopic (exact) mass is 325 g/mol. The smallest absolute Gasteiger partial charge is 0.325 e. The molecule has 0 N–H and O–H groups in total. The third-order valence-corrected chi connectivity index (χ3v) is 2.90. The first-order chi connectivity index (χ1) is 11.7. The Morgan fingerprint density at radius 2 is 1.92 bits per heavy atom. The SMILES string of the molecule is CCN(/C=C/C=C(C#N)C#N)CC(=O)OCCOc1ccccc1. The van der Waals surface area contributed by atoms with Gasteiger partial charge in [0, 0.05) is 6.54 Å². The standard InChI is InChI=1S/C18H19N3O3/c1-2-21(10-6-7-16(13-19)14-20)15-18(22)24-12-11-23-17-8-4-3-5-9-17/h3-10H,2,11-12,15H2,1H3/b10-6+. The van der Waals surface area contributed by atoms with Crippen molar-refractivity contribution in [3.63, 3.8) is 0 Å². The molecule has 0 saturated carbocycles. The molecule has 24 heavy (non-hydrogen) atoms. The van der Waals surface area contributed by atoms with Gasteiger partial charge in [0.15, 0.2) is 0 Å². The summed E-state index contributed by atoms with van der Waals surface area (Å²) in [4.78, 5) is 13.5. The van der Waals surface area contributed by atoms with Crippen molar-refractivity contribution in [1.82, 2.24) is 4.90 Å². The van der Waals surface area contributed by atoms with Gasteiger partial charge in [-0.25, -0.2) is 0 Å². The molecule has 0 aliphatic rings. The molecular weight excluding hydrogens is 306 g/mol. The minimum absolute atomic E-state index is 0.00272. The molecule has 0 spiro atoms. The first kappa shape index (κ1) is 18.8. The molecule has 0 amide bonds. The van der Waals surface area contributed by atoms with Gasteiger partial charge in [-0.05, 0) is 37.4 Å². The van der Waals surface area contributed by atoms with Crippen LogP contribution in [0.25, 0.3) is 0 Å². The number of hydrogen-bond acceptors (Lipinski definition) is 6. The Hall–Kier alpha value is -3.25. The summed E-state index contributed by atoms with van der Waals surface area (Å²) in [6.45, 7) is 3.01. The summed E-state index contributed by atoms with van der Waals surface area (Å²) < 4.78 is 10.5. The highest BCUT2D eigenvalue weighted by Crippen LogP contribution is 2.07. The molecule has 124 valence electrons. The highest BCUT2D eigenvalue weighted by Gasteiger charge is 2.06. The summed E-state index contributed by atoms with van der Waals surface area (Å²) in [7, 11) is 0. The number of carbonyl (C=O) groups is 1. The van der Waals surface area contributed by atoms with Crippen LogP contribution < -0.4 is 4.74 Å². The molecule has 0 radical (unpaired) electrons. The van der Waals surface area contributed by atoms with Gasteiger partial charge in [-0.1, -0.05) is 18.2 Å². The number of nitrogens with zero attached hydrogens (tertiary/aromatic N) is 3. The molecule has 0 saturated heterocycles. The van der Waals surface area contributed by atoms with E-state index in [1.807, 2.05) is 37.3 Å². The maximum Gasteiger partial charge on any atom is 0.325 e. The number of rotatable bonds is 9. The lowest BCUT2D eigenvalue weighted by molar-refractivity contribution is -0.145. The second kappa shape index (κ2) is 11.3. The van der Waals surface area contributed by atoms with E-state index < -0.39 is 0 Å². The predicted octanol–water partition coefficient (Wildman–Crippen LogP) is 2.42. The van der Waals surface area contributed by atoms with E-state index in [-0.39, 0.29) is 31.3 Å². The number of para-hydroxylation sites is 1. The number of ether oxygens (including phenoxy) is 2. The van der Waals surface area contributed by atoms with Gasteiger partial charge in [-0.2, -0.15) is 10.5 Å². The Kier molecular flexibility index (Phi) is 8.88. The van der Waals surface area contributed by atoms with Crippen LogP contribution in [0.5, 0.6) is 5.75 Å². The highest BCUT2D eigenvalue weighted by atomic mass is 16.6. The number of likely N-dealkylation sites (N-methyl/N-ethyl adjacent to an activating group) is 1. The fraction of sp³-hybridized carbons (Fsp3) is 0.278. The zero-order valence-corrected chi connectivity index (χ0v) is 13.5. The topological polar surface area (TPSA) is 86.4 Å². The number of hydrogen-bond donors (Lipinski definition) is 0. The molecule has 0 fully saturated rings. The van der Waals surface area contributed by atoms with Crippen molar-refractivity contribution < 1.29 is 14.3 Å². The van der Waals surface area contributed by atoms with Gasteiger partial charge in [0.25, 0.3) is 0 Å². The molecule has 1 aromatic carbocycles. The molecule has 6 nitrogen and oxygen atoms in total. The van der Waals surface area contributed by atoms with Crippen molar-refractivity contribution in [3.05, 3.63) is 54.3 Å². The van der Waals surface area contributed by atoms with Gasteiger partial charge < -0.3 is 14.4 Å². The van der Waals surface area contributed by atoms with Crippen LogP contribution in [0.3, 0.4) is 0 Å². The quantitative estimate of drug-likeness (QED) is 0.300. The van der Waals surface area contributed by atoms with Gasteiger partial charge in [0.2, 0.25) is 0 Å². The summed E-state index contributed by atoms with van der Waals surface area (Å²) in [5.74, 6) is 0.354. The second-order valence-electron chi connectivity index (χ2n) is 4.59. The molecule has 0 aliphatic carbocycles. The average molecular weight is 325 g/mol. The molecule has 1 rings (SSSR count). The summed E-state index contributed by atoms with van der Waals surface area (Å²) in [5.41, 5.74) is 0.00272. The molecule has 0 aliphatic heterocycles. The minimum atomic E-state index is -0.372. The Balaban J connectivity index is 2.31. The molecule has 0 unspecified atom stereocenters. The number of carbonyl (C=O) groups excluding carboxylic acids is 1. The van der Waals surface area contributed by atoms with Crippen LogP contribution in [0.1, 0.15) is 6.92 Å². The van der Waals surface area contributed by atoms with E-state index in [1.54, 1.807) is 29.3 Å². The van der Waals surface area contributed by atoms with Crippen LogP contribution in [-0.2, 0) is 9.53 Å². The highest BCUT2D eigenvalue weighted by molar-refractivity contribution is 5.71. The minimum Gasteiger partial charge on any atom is -0.490 e. The lowest BCUT2D eigenvalue weighted by Gasteiger charge is -2.16. The van der Waals surface area contributed by atoms with Crippen molar-refractivity contribution in [2.45, 2.75) is 6.92 Å². The molecule has 0 atom stereocenters. The molecule has 6 heteroatoms. The van der Waals surface area contributed by atoms with Crippen LogP contribution in [0, 0.1) is 22.7 Å². The van der Waals surface area contributed by atoms with E-state index in [4.69, 9.17) is 20.0 Å². The Morgan fingerprint density at radius 3 is 2.54 bits per heavy atom. The maximum atomic E-state index is 11.8. The summed E-state index contributed by atoms with van der Waals surface area (Å²) in [5, 5.41) is 17.2. The fourth-order valence-electron chi connectivity index (χ4n) is 1.67. The lowest BCUT2D eigenvalue weighted by atomic mass is 10.3. The first-order valence-corrected chi connectivity index (χ1v) is 7.45. The summed E-state index contributed by atoms with van der Waals surface area (Å²) in [6, 6.07) is 12.8. The van der Waals surface area contributed by atoms with Crippen LogP contribution >= 0.6 is 0 Å². The van der Waals surface area contributed by atoms with Crippen LogP contribution in [0.2, 0.25) is 0 Å². The molecule has 0 bridgehead atoms. The molecule has 1 aromatic rings. The summed E-state index contributed by atoms with van der Waals surface area (Å²) >= 11 is 0. The van der Waals surface area contributed by atoms with E-state index in [0.29, 0.717) is 6.54 Å². The van der Waals surface area contributed by atoms with E-state index in [9.17, 15) is 4.79 Å². The van der Waals surface area contributed by atoms with Crippen molar-refractivity contribution in [2.75, 3.05) is 26.3 Å². The van der Waals surface area contributed by atoms with Gasteiger partial charge >= 0.3 is 5.97 Å². The third-order valence-electron chi connectivity index (χ3n) is 2.90. The Labute approximate surface area is 141 Å². The molecule has 0 heterocycles. The Morgan fingerprint density at radius 1 is 1.21 bits per heavy atom. The number of benzene rings is 1. The van der Waals surface area contributed by atoms with Crippen LogP contribution in [-0.4, -0.2) is 37.2 Å². The van der Waals surface area contributed by atoms with E-state index in [1.165, 1.54) is 6.08 Å². The molecule has 0 aromatic heterocycles. The number of nitriles is 2. The number of esters is 1. The van der Waals surface area contributed by atoms with E-state index >= 15 is 0 Å². The van der Waals surface area contributed by atoms with Crippen molar-refractivity contribution >= 4 is 5.97 Å². The van der Waals surface area contributed by atoms with Gasteiger partial charge in [0.1, 0.15) is 43.2 Å². The fourth-order valence-corrected chi connectivity index (χ4v) is 1.67. The van der Waals surface area contributed by atoms with Gasteiger partial charge in [-0.3, -0.25) is 4.79 Å². The van der Waals surface area contributed by atoms with Gasteiger partial charge in [0.05, 0.1) is 0 Å². The zero-order chi connectivity index (χ0) is 17.6. The van der Waals surface area contributed by atoms with Crippen molar-refractivity contribution in [3.8, 4) is 17.9 Å². The first-order valence-electron chi connectivity index (χ1n) is 7.45. The van der Waals surface area contributed by atoms with Crippen LogP contribution in [0.15, 0.2) is 54.3 Å². The van der Waals surface area contributed by atoms with Crippen molar-refractivity contribution in [2.24, 2.45) is 0 Å². The summed E-state index contributed by atoms with van der Waals surface area (Å²) in [6.07, 6.45) is 4.58. The second-order valence-corrected chi connectivity index (χ2v) is 4.59. The van der Waals surface area contributed by atoms with Crippen LogP contribution in [0.4, 0.5) is 0 Å². The third kappa shape index (κ3) is 7.67.